The third-order valence-electron chi connectivity index (χ3n) is 3.26. The van der Waals surface area contributed by atoms with Gasteiger partial charge in [0.2, 0.25) is 0 Å². The fourth-order valence-electron chi connectivity index (χ4n) is 2.33. The van der Waals surface area contributed by atoms with Gasteiger partial charge in [-0.15, -0.1) is 11.3 Å². The first-order valence-corrected chi connectivity index (χ1v) is 7.26. The van der Waals surface area contributed by atoms with Gasteiger partial charge < -0.3 is 9.26 Å². The highest BCUT2D eigenvalue weighted by atomic mass is 32.1. The summed E-state index contributed by atoms with van der Waals surface area (Å²) in [4.78, 5) is 6.94. The Hall–Kier alpha value is -1.24. The second-order valence-corrected chi connectivity index (χ2v) is 5.84. The molecular formula is C13H17N3O2S. The molecule has 0 saturated carbocycles. The minimum absolute atomic E-state index is 0.218. The number of morpholine rings is 1. The molecule has 1 fully saturated rings. The molecule has 1 saturated heterocycles. The van der Waals surface area contributed by atoms with Gasteiger partial charge in [0, 0.05) is 24.5 Å². The van der Waals surface area contributed by atoms with E-state index in [9.17, 15) is 0 Å². The van der Waals surface area contributed by atoms with Crippen molar-refractivity contribution in [3.05, 3.63) is 33.6 Å². The van der Waals surface area contributed by atoms with E-state index in [-0.39, 0.29) is 6.04 Å². The number of aromatic nitrogens is 2. The summed E-state index contributed by atoms with van der Waals surface area (Å²) >= 11 is 1.68. The molecule has 0 aliphatic carbocycles. The monoisotopic (exact) mass is 279 g/mol. The lowest BCUT2D eigenvalue weighted by atomic mass is 10.1. The maximum absolute atomic E-state index is 5.60. The number of hydrogen-bond donors (Lipinski definition) is 0. The van der Waals surface area contributed by atoms with Crippen molar-refractivity contribution in [1.82, 2.24) is 15.0 Å². The Labute approximate surface area is 116 Å². The first-order chi connectivity index (χ1) is 9.22. The van der Waals surface area contributed by atoms with Crippen LogP contribution >= 0.6 is 11.3 Å². The van der Waals surface area contributed by atoms with E-state index >= 15 is 0 Å². The Balaban J connectivity index is 1.77. The first-order valence-electron chi connectivity index (χ1n) is 6.38. The highest BCUT2D eigenvalue weighted by molar-refractivity contribution is 7.09. The smallest absolute Gasteiger partial charge is 0.133 e. The summed E-state index contributed by atoms with van der Waals surface area (Å²) in [7, 11) is 0. The molecule has 6 heteroatoms. The molecule has 2 aromatic heterocycles. The summed E-state index contributed by atoms with van der Waals surface area (Å²) in [5.74, 6) is 0.851. The first kappa shape index (κ1) is 12.8. The topological polar surface area (TPSA) is 51.4 Å². The third-order valence-corrected chi connectivity index (χ3v) is 4.05. The van der Waals surface area contributed by atoms with Crippen LogP contribution in [0, 0.1) is 13.8 Å². The molecule has 1 aliphatic rings. The maximum atomic E-state index is 5.60. The van der Waals surface area contributed by atoms with Crippen LogP contribution in [0.4, 0.5) is 0 Å². The van der Waals surface area contributed by atoms with Crippen molar-refractivity contribution >= 4 is 11.3 Å². The number of thiazole rings is 1. The molecule has 1 atom stereocenters. The molecular weight excluding hydrogens is 262 g/mol. The molecule has 1 unspecified atom stereocenters. The van der Waals surface area contributed by atoms with E-state index < -0.39 is 0 Å². The van der Waals surface area contributed by atoms with Crippen molar-refractivity contribution in [1.29, 1.82) is 0 Å². The van der Waals surface area contributed by atoms with Crippen LogP contribution < -0.4 is 0 Å². The molecule has 0 radical (unpaired) electrons. The molecule has 5 nitrogen and oxygen atoms in total. The van der Waals surface area contributed by atoms with Gasteiger partial charge in [-0.3, -0.25) is 4.90 Å². The molecule has 0 bridgehead atoms. The summed E-state index contributed by atoms with van der Waals surface area (Å²) in [5, 5.41) is 7.28. The molecule has 102 valence electrons. The summed E-state index contributed by atoms with van der Waals surface area (Å²) in [6.07, 6.45) is 0. The number of aryl methyl sites for hydroxylation is 2. The van der Waals surface area contributed by atoms with Gasteiger partial charge in [-0.25, -0.2) is 4.98 Å². The summed E-state index contributed by atoms with van der Waals surface area (Å²) in [6.45, 7) is 7.08. The van der Waals surface area contributed by atoms with Crippen LogP contribution in [0.15, 0.2) is 16.0 Å². The Morgan fingerprint density at radius 1 is 1.47 bits per heavy atom. The fourth-order valence-corrected chi connectivity index (χ4v) is 2.99. The minimum Gasteiger partial charge on any atom is -0.378 e. The Morgan fingerprint density at radius 2 is 2.37 bits per heavy atom. The van der Waals surface area contributed by atoms with E-state index in [0.717, 1.165) is 41.9 Å². The molecule has 0 amide bonds. The van der Waals surface area contributed by atoms with Crippen LogP contribution in [-0.4, -0.2) is 34.8 Å². The number of nitrogens with zero attached hydrogens (tertiary/aromatic N) is 3. The van der Waals surface area contributed by atoms with Gasteiger partial charge in [0.05, 0.1) is 35.7 Å². The largest absolute Gasteiger partial charge is 0.378 e. The Morgan fingerprint density at radius 3 is 3.05 bits per heavy atom. The molecule has 2 aromatic rings. The average molecular weight is 279 g/mol. The SMILES string of the molecule is Cc1cc(CN2CCOCC2c2csc(C)n2)no1. The standard InChI is InChI=1S/C13H17N3O2S/c1-9-5-11(15-18-9)6-16-3-4-17-7-13(16)12-8-19-10(2)14-12/h5,8,13H,3-4,6-7H2,1-2H3. The summed E-state index contributed by atoms with van der Waals surface area (Å²) in [5.41, 5.74) is 2.07. The van der Waals surface area contributed by atoms with Crippen molar-refractivity contribution < 1.29 is 9.26 Å². The molecule has 3 heterocycles. The average Bonchev–Trinajstić information content (AvgIpc) is 2.99. The zero-order chi connectivity index (χ0) is 13.2. The highest BCUT2D eigenvalue weighted by Gasteiger charge is 2.27. The maximum Gasteiger partial charge on any atom is 0.133 e. The van der Waals surface area contributed by atoms with E-state index in [1.54, 1.807) is 11.3 Å². The number of ether oxygens (including phenoxy) is 1. The second-order valence-electron chi connectivity index (χ2n) is 4.78. The van der Waals surface area contributed by atoms with E-state index in [1.165, 1.54) is 0 Å². The van der Waals surface area contributed by atoms with Crippen LogP contribution in [0.2, 0.25) is 0 Å². The van der Waals surface area contributed by atoms with E-state index in [4.69, 9.17) is 9.26 Å². The minimum atomic E-state index is 0.218. The third kappa shape index (κ3) is 2.86. The van der Waals surface area contributed by atoms with E-state index in [0.29, 0.717) is 6.61 Å². The normalized spacial score (nSPS) is 20.8. The van der Waals surface area contributed by atoms with Gasteiger partial charge in [-0.05, 0) is 13.8 Å². The fraction of sp³-hybridized carbons (Fsp3) is 0.538. The van der Waals surface area contributed by atoms with Crippen molar-refractivity contribution in [2.45, 2.75) is 26.4 Å². The van der Waals surface area contributed by atoms with Gasteiger partial charge in [0.1, 0.15) is 5.76 Å². The van der Waals surface area contributed by atoms with Crippen molar-refractivity contribution in [3.8, 4) is 0 Å². The van der Waals surface area contributed by atoms with E-state index in [1.807, 2.05) is 19.9 Å². The van der Waals surface area contributed by atoms with Crippen molar-refractivity contribution in [3.63, 3.8) is 0 Å². The van der Waals surface area contributed by atoms with Crippen molar-refractivity contribution in [2.24, 2.45) is 0 Å². The van der Waals surface area contributed by atoms with Gasteiger partial charge in [-0.1, -0.05) is 5.16 Å². The summed E-state index contributed by atoms with van der Waals surface area (Å²) < 4.78 is 10.7. The predicted octanol–water partition coefficient (Wildman–Crippen LogP) is 2.32. The molecule has 1 aliphatic heterocycles. The zero-order valence-corrected chi connectivity index (χ0v) is 11.9. The van der Waals surface area contributed by atoms with Gasteiger partial charge >= 0.3 is 0 Å². The van der Waals surface area contributed by atoms with Crippen LogP contribution in [-0.2, 0) is 11.3 Å². The quantitative estimate of drug-likeness (QED) is 0.863. The van der Waals surface area contributed by atoms with Gasteiger partial charge in [0.25, 0.3) is 0 Å². The molecule has 0 aromatic carbocycles. The van der Waals surface area contributed by atoms with E-state index in [2.05, 4.69) is 20.4 Å². The zero-order valence-electron chi connectivity index (χ0n) is 11.1. The molecule has 19 heavy (non-hydrogen) atoms. The van der Waals surface area contributed by atoms with Crippen molar-refractivity contribution in [2.75, 3.05) is 19.8 Å². The number of hydrogen-bond acceptors (Lipinski definition) is 6. The Bertz CT molecular complexity index is 552. The van der Waals surface area contributed by atoms with Crippen LogP contribution in [0.3, 0.4) is 0 Å². The predicted molar refractivity (Wildman–Crippen MR) is 72.1 cm³/mol. The van der Waals surface area contributed by atoms with Crippen LogP contribution in [0.5, 0.6) is 0 Å². The van der Waals surface area contributed by atoms with Crippen LogP contribution in [0.1, 0.15) is 28.2 Å². The van der Waals surface area contributed by atoms with Crippen LogP contribution in [0.25, 0.3) is 0 Å². The Kier molecular flexibility index (Phi) is 3.63. The molecule has 0 spiro atoms. The summed E-state index contributed by atoms with van der Waals surface area (Å²) in [6, 6.07) is 2.20. The lowest BCUT2D eigenvalue weighted by molar-refractivity contribution is -0.0149. The second kappa shape index (κ2) is 5.40. The number of rotatable bonds is 3. The van der Waals surface area contributed by atoms with Gasteiger partial charge in [-0.2, -0.15) is 0 Å². The molecule has 3 rings (SSSR count). The lowest BCUT2D eigenvalue weighted by Crippen LogP contribution is -2.39. The van der Waals surface area contributed by atoms with Gasteiger partial charge in [0.15, 0.2) is 0 Å². The highest BCUT2D eigenvalue weighted by Crippen LogP contribution is 2.26. The molecule has 0 N–H and O–H groups in total. The lowest BCUT2D eigenvalue weighted by Gasteiger charge is -2.33.